The first-order chi connectivity index (χ1) is 9.20. The summed E-state index contributed by atoms with van der Waals surface area (Å²) in [6.07, 6.45) is 5.01. The molecule has 2 atom stereocenters. The predicted octanol–water partition coefficient (Wildman–Crippen LogP) is 3.83. The Morgan fingerprint density at radius 2 is 2.00 bits per heavy atom. The van der Waals surface area contributed by atoms with Gasteiger partial charge in [-0.1, -0.05) is 28.8 Å². The van der Waals surface area contributed by atoms with Gasteiger partial charge in [0.25, 0.3) is 0 Å². The van der Waals surface area contributed by atoms with Gasteiger partial charge in [0.05, 0.1) is 12.8 Å². The van der Waals surface area contributed by atoms with Crippen LogP contribution in [0.1, 0.15) is 25.7 Å². The lowest BCUT2D eigenvalue weighted by Gasteiger charge is -2.10. The van der Waals surface area contributed by atoms with Crippen molar-refractivity contribution in [1.29, 1.82) is 0 Å². The number of methoxy groups -OCH3 is 1. The number of amides is 1. The van der Waals surface area contributed by atoms with Crippen LogP contribution in [0.4, 0.5) is 5.69 Å². The third-order valence-electron chi connectivity index (χ3n) is 4.38. The second-order valence-corrected chi connectivity index (χ2v) is 6.39. The second-order valence-electron chi connectivity index (χ2n) is 5.47. The zero-order valence-corrected chi connectivity index (χ0v) is 12.6. The molecule has 0 heterocycles. The van der Waals surface area contributed by atoms with Crippen molar-refractivity contribution < 1.29 is 9.53 Å². The predicted molar refractivity (Wildman–Crippen MR) is 78.3 cm³/mol. The van der Waals surface area contributed by atoms with Crippen LogP contribution in [0.5, 0.6) is 5.75 Å². The Balaban J connectivity index is 1.71. The number of anilines is 1. The van der Waals surface area contributed by atoms with Gasteiger partial charge in [0.15, 0.2) is 0 Å². The molecule has 1 aromatic carbocycles. The number of ether oxygens (including phenoxy) is 1. The summed E-state index contributed by atoms with van der Waals surface area (Å²) >= 11 is 3.42. The molecule has 2 aliphatic carbocycles. The molecular formula is C15H18BrNO2. The number of benzene rings is 1. The Bertz CT molecular complexity index is 491. The van der Waals surface area contributed by atoms with Crippen LogP contribution < -0.4 is 10.1 Å². The van der Waals surface area contributed by atoms with E-state index in [0.29, 0.717) is 17.6 Å². The number of hydrogen-bond acceptors (Lipinski definition) is 2. The van der Waals surface area contributed by atoms with E-state index >= 15 is 0 Å². The summed E-state index contributed by atoms with van der Waals surface area (Å²) in [5.74, 6) is 2.36. The minimum atomic E-state index is 0.160. The fourth-order valence-corrected chi connectivity index (χ4v) is 3.74. The molecule has 3 rings (SSSR count). The largest absolute Gasteiger partial charge is 0.495 e. The van der Waals surface area contributed by atoms with E-state index in [2.05, 4.69) is 21.2 Å². The number of hydrogen-bond donors (Lipinski definition) is 1. The summed E-state index contributed by atoms with van der Waals surface area (Å²) in [6.45, 7) is 0. The first-order valence-corrected chi connectivity index (χ1v) is 7.64. The molecule has 2 unspecified atom stereocenters. The standard InChI is InChI=1S/C15H18BrNO2/c1-19-13-7-6-9(16)8-12(13)17-15(18)14-10-4-2-3-5-11(10)14/h6-8,10-11,14H,2-5H2,1H3,(H,17,18). The van der Waals surface area contributed by atoms with E-state index < -0.39 is 0 Å². The van der Waals surface area contributed by atoms with Crippen molar-refractivity contribution in [2.24, 2.45) is 17.8 Å². The van der Waals surface area contributed by atoms with Crippen LogP contribution in [-0.4, -0.2) is 13.0 Å². The molecule has 0 saturated heterocycles. The molecule has 0 aromatic heterocycles. The molecule has 19 heavy (non-hydrogen) atoms. The van der Waals surface area contributed by atoms with E-state index in [1.807, 2.05) is 18.2 Å². The van der Waals surface area contributed by atoms with Gasteiger partial charge in [-0.2, -0.15) is 0 Å². The Kier molecular flexibility index (Phi) is 3.52. The summed E-state index contributed by atoms with van der Waals surface area (Å²) in [6, 6.07) is 5.66. The van der Waals surface area contributed by atoms with E-state index in [9.17, 15) is 4.79 Å². The van der Waals surface area contributed by atoms with Crippen LogP contribution >= 0.6 is 15.9 Å². The highest BCUT2D eigenvalue weighted by Gasteiger charge is 2.54. The van der Waals surface area contributed by atoms with Crippen molar-refractivity contribution in [3.63, 3.8) is 0 Å². The maximum absolute atomic E-state index is 12.3. The molecule has 2 fully saturated rings. The summed E-state index contributed by atoms with van der Waals surface area (Å²) in [4.78, 5) is 12.3. The van der Waals surface area contributed by atoms with Crippen LogP contribution in [-0.2, 0) is 4.79 Å². The lowest BCUT2D eigenvalue weighted by molar-refractivity contribution is -0.117. The molecule has 1 N–H and O–H groups in total. The molecule has 0 spiro atoms. The van der Waals surface area contributed by atoms with E-state index in [4.69, 9.17) is 4.74 Å². The molecule has 1 amide bonds. The quantitative estimate of drug-likeness (QED) is 0.917. The zero-order chi connectivity index (χ0) is 13.4. The lowest BCUT2D eigenvalue weighted by atomic mass is 10.0. The van der Waals surface area contributed by atoms with E-state index in [0.717, 1.165) is 10.2 Å². The summed E-state index contributed by atoms with van der Waals surface area (Å²) in [7, 11) is 1.62. The van der Waals surface area contributed by atoms with Gasteiger partial charge in [0, 0.05) is 10.4 Å². The molecule has 4 heteroatoms. The maximum Gasteiger partial charge on any atom is 0.228 e. The average molecular weight is 324 g/mol. The summed E-state index contributed by atoms with van der Waals surface area (Å²) in [5.41, 5.74) is 0.755. The maximum atomic E-state index is 12.3. The normalized spacial score (nSPS) is 28.4. The molecule has 0 bridgehead atoms. The van der Waals surface area contributed by atoms with Crippen molar-refractivity contribution in [1.82, 2.24) is 0 Å². The molecular weight excluding hydrogens is 306 g/mol. The number of carbonyl (C=O) groups is 1. The smallest absolute Gasteiger partial charge is 0.228 e. The third-order valence-corrected chi connectivity index (χ3v) is 4.87. The van der Waals surface area contributed by atoms with Crippen LogP contribution in [0.25, 0.3) is 0 Å². The van der Waals surface area contributed by atoms with Gasteiger partial charge >= 0.3 is 0 Å². The summed E-state index contributed by atoms with van der Waals surface area (Å²) < 4.78 is 6.23. The van der Waals surface area contributed by atoms with Gasteiger partial charge in [-0.15, -0.1) is 0 Å². The van der Waals surface area contributed by atoms with Gasteiger partial charge < -0.3 is 10.1 Å². The van der Waals surface area contributed by atoms with Crippen LogP contribution in [0.15, 0.2) is 22.7 Å². The third kappa shape index (κ3) is 2.50. The zero-order valence-electron chi connectivity index (χ0n) is 11.0. The molecule has 0 radical (unpaired) electrons. The Morgan fingerprint density at radius 3 is 2.63 bits per heavy atom. The number of rotatable bonds is 3. The molecule has 3 nitrogen and oxygen atoms in total. The lowest BCUT2D eigenvalue weighted by Crippen LogP contribution is -2.16. The monoisotopic (exact) mass is 323 g/mol. The average Bonchev–Trinajstić information content (AvgIpc) is 3.13. The van der Waals surface area contributed by atoms with Crippen LogP contribution in [0.3, 0.4) is 0 Å². The molecule has 2 aliphatic rings. The van der Waals surface area contributed by atoms with E-state index in [1.165, 1.54) is 25.7 Å². The van der Waals surface area contributed by atoms with Crippen LogP contribution in [0, 0.1) is 17.8 Å². The number of nitrogens with one attached hydrogen (secondary N) is 1. The van der Waals surface area contributed by atoms with E-state index in [-0.39, 0.29) is 11.8 Å². The second kappa shape index (κ2) is 5.16. The molecule has 102 valence electrons. The SMILES string of the molecule is COc1ccc(Br)cc1NC(=O)C1C2CCCCC21. The highest BCUT2D eigenvalue weighted by atomic mass is 79.9. The van der Waals surface area contributed by atoms with Gasteiger partial charge in [-0.3, -0.25) is 4.79 Å². The van der Waals surface area contributed by atoms with Gasteiger partial charge in [0.1, 0.15) is 5.75 Å². The van der Waals surface area contributed by atoms with Gasteiger partial charge in [0.2, 0.25) is 5.91 Å². The Hall–Kier alpha value is -1.03. The first-order valence-electron chi connectivity index (χ1n) is 6.85. The number of fused-ring (bicyclic) bond motifs is 1. The summed E-state index contributed by atoms with van der Waals surface area (Å²) in [5, 5.41) is 3.03. The van der Waals surface area contributed by atoms with Crippen molar-refractivity contribution in [3.05, 3.63) is 22.7 Å². The van der Waals surface area contributed by atoms with Crippen molar-refractivity contribution in [2.45, 2.75) is 25.7 Å². The number of halogens is 1. The molecule has 0 aliphatic heterocycles. The fourth-order valence-electron chi connectivity index (χ4n) is 3.38. The minimum absolute atomic E-state index is 0.160. The minimum Gasteiger partial charge on any atom is -0.495 e. The molecule has 2 saturated carbocycles. The highest BCUT2D eigenvalue weighted by molar-refractivity contribution is 9.10. The van der Waals surface area contributed by atoms with Crippen molar-refractivity contribution >= 4 is 27.5 Å². The van der Waals surface area contributed by atoms with E-state index in [1.54, 1.807) is 7.11 Å². The van der Waals surface area contributed by atoms with Gasteiger partial charge in [-0.05, 0) is 42.9 Å². The first kappa shape index (κ1) is 13.0. The van der Waals surface area contributed by atoms with Crippen molar-refractivity contribution in [2.75, 3.05) is 12.4 Å². The fraction of sp³-hybridized carbons (Fsp3) is 0.533. The highest BCUT2D eigenvalue weighted by Crippen LogP contribution is 2.55. The van der Waals surface area contributed by atoms with Crippen LogP contribution in [0.2, 0.25) is 0 Å². The molecule has 1 aromatic rings. The van der Waals surface area contributed by atoms with Gasteiger partial charge in [-0.25, -0.2) is 0 Å². The van der Waals surface area contributed by atoms with Crippen molar-refractivity contribution in [3.8, 4) is 5.75 Å². The Labute approximate surface area is 121 Å². The number of carbonyl (C=O) groups excluding carboxylic acids is 1. The Morgan fingerprint density at radius 1 is 1.32 bits per heavy atom. The topological polar surface area (TPSA) is 38.3 Å².